The molecule has 2 nitrogen and oxygen atoms in total. The van der Waals surface area contributed by atoms with E-state index in [9.17, 15) is 4.79 Å². The number of hydrogen-bond donors (Lipinski definition) is 0. The van der Waals surface area contributed by atoms with E-state index in [1.54, 1.807) is 0 Å². The summed E-state index contributed by atoms with van der Waals surface area (Å²) in [6.45, 7) is 5.61. The second-order valence-electron chi connectivity index (χ2n) is 4.64. The molecule has 0 spiro atoms. The van der Waals surface area contributed by atoms with Crippen molar-refractivity contribution in [1.29, 1.82) is 0 Å². The van der Waals surface area contributed by atoms with Crippen LogP contribution < -0.4 is 0 Å². The highest BCUT2D eigenvalue weighted by atomic mass is 16.5. The Morgan fingerprint density at radius 3 is 2.41 bits per heavy atom. The molecular weight excluding hydrogens is 212 g/mol. The maximum absolute atomic E-state index is 10.7. The Balaban J connectivity index is 3.18. The summed E-state index contributed by atoms with van der Waals surface area (Å²) in [6, 6.07) is 0. The largest absolute Gasteiger partial charge is 0.463 e. The van der Waals surface area contributed by atoms with E-state index in [-0.39, 0.29) is 12.1 Å². The minimum Gasteiger partial charge on any atom is -0.463 e. The molecule has 0 aliphatic rings. The first-order valence-electron chi connectivity index (χ1n) is 6.99. The van der Waals surface area contributed by atoms with E-state index < -0.39 is 0 Å². The van der Waals surface area contributed by atoms with Crippen LogP contribution in [0.4, 0.5) is 0 Å². The van der Waals surface area contributed by atoms with Gasteiger partial charge in [0.15, 0.2) is 0 Å². The summed E-state index contributed by atoms with van der Waals surface area (Å²) in [5.74, 6) is -0.166. The molecule has 0 rings (SSSR count). The highest BCUT2D eigenvalue weighted by Crippen LogP contribution is 2.10. The minimum atomic E-state index is -0.166. The monoisotopic (exact) mass is 240 g/mol. The van der Waals surface area contributed by atoms with Gasteiger partial charge in [0.2, 0.25) is 0 Å². The summed E-state index contributed by atoms with van der Waals surface area (Å²) in [7, 11) is 0. The lowest BCUT2D eigenvalue weighted by Gasteiger charge is -2.10. The zero-order chi connectivity index (χ0) is 12.9. The third kappa shape index (κ3) is 13.1. The van der Waals surface area contributed by atoms with E-state index in [1.807, 2.05) is 6.92 Å². The summed E-state index contributed by atoms with van der Waals surface area (Å²) in [6.07, 6.45) is 14.3. The van der Waals surface area contributed by atoms with Crippen molar-refractivity contribution in [2.45, 2.75) is 78.2 Å². The summed E-state index contributed by atoms with van der Waals surface area (Å²) < 4.78 is 5.07. The quantitative estimate of drug-likeness (QED) is 0.316. The third-order valence-corrected chi connectivity index (χ3v) is 2.75. The van der Waals surface area contributed by atoms with Gasteiger partial charge in [0.1, 0.15) is 0 Å². The van der Waals surface area contributed by atoms with Crippen molar-refractivity contribution in [3.05, 3.63) is 12.2 Å². The summed E-state index contributed by atoms with van der Waals surface area (Å²) >= 11 is 0. The fraction of sp³-hybridized carbons (Fsp3) is 0.800. The van der Waals surface area contributed by atoms with E-state index >= 15 is 0 Å². The maximum Gasteiger partial charge on any atom is 0.302 e. The Kier molecular flexibility index (Phi) is 11.1. The van der Waals surface area contributed by atoms with Crippen molar-refractivity contribution in [3.63, 3.8) is 0 Å². The first-order valence-corrected chi connectivity index (χ1v) is 6.99. The van der Waals surface area contributed by atoms with Crippen molar-refractivity contribution in [1.82, 2.24) is 0 Å². The second-order valence-corrected chi connectivity index (χ2v) is 4.64. The smallest absolute Gasteiger partial charge is 0.302 e. The molecule has 0 saturated heterocycles. The molecule has 2 heteroatoms. The number of ether oxygens (including phenoxy) is 1. The summed E-state index contributed by atoms with van der Waals surface area (Å²) in [5, 5.41) is 0. The molecule has 0 aromatic carbocycles. The number of carbonyl (C=O) groups excluding carboxylic acids is 1. The van der Waals surface area contributed by atoms with Crippen molar-refractivity contribution >= 4 is 5.97 Å². The number of esters is 1. The molecule has 0 amide bonds. The molecule has 0 bridgehead atoms. The molecule has 0 aromatic heterocycles. The fourth-order valence-electron chi connectivity index (χ4n) is 1.85. The lowest BCUT2D eigenvalue weighted by Crippen LogP contribution is -2.11. The van der Waals surface area contributed by atoms with Gasteiger partial charge < -0.3 is 4.74 Å². The standard InChI is InChI=1S/C15H28O2/c1-4-5-6-7-8-9-10-11-12-13-14(2)17-15(3)16/h5-6,14H,4,7-13H2,1-3H3. The van der Waals surface area contributed by atoms with Crippen LogP contribution >= 0.6 is 0 Å². The van der Waals surface area contributed by atoms with Crippen molar-refractivity contribution in [2.75, 3.05) is 0 Å². The van der Waals surface area contributed by atoms with E-state index in [0.717, 1.165) is 12.8 Å². The summed E-state index contributed by atoms with van der Waals surface area (Å²) in [4.78, 5) is 10.7. The number of unbranched alkanes of at least 4 members (excludes halogenated alkanes) is 5. The first kappa shape index (κ1) is 16.2. The molecule has 0 fully saturated rings. The van der Waals surface area contributed by atoms with Crippen molar-refractivity contribution in [3.8, 4) is 0 Å². The molecule has 0 heterocycles. The molecule has 0 N–H and O–H groups in total. The fourth-order valence-corrected chi connectivity index (χ4v) is 1.85. The van der Waals surface area contributed by atoms with E-state index in [4.69, 9.17) is 4.74 Å². The van der Waals surface area contributed by atoms with Crippen LogP contribution in [0.15, 0.2) is 12.2 Å². The molecule has 17 heavy (non-hydrogen) atoms. The molecule has 0 radical (unpaired) electrons. The Morgan fingerprint density at radius 2 is 1.76 bits per heavy atom. The van der Waals surface area contributed by atoms with Crippen LogP contribution in [-0.2, 0) is 9.53 Å². The number of hydrogen-bond acceptors (Lipinski definition) is 2. The van der Waals surface area contributed by atoms with E-state index in [0.29, 0.717) is 0 Å². The van der Waals surface area contributed by atoms with Gasteiger partial charge in [-0.15, -0.1) is 0 Å². The Morgan fingerprint density at radius 1 is 1.12 bits per heavy atom. The maximum atomic E-state index is 10.7. The van der Waals surface area contributed by atoms with Crippen LogP contribution in [0, 0.1) is 0 Å². The van der Waals surface area contributed by atoms with Gasteiger partial charge >= 0.3 is 5.97 Å². The Hall–Kier alpha value is -0.790. The topological polar surface area (TPSA) is 26.3 Å². The lowest BCUT2D eigenvalue weighted by atomic mass is 10.1. The lowest BCUT2D eigenvalue weighted by molar-refractivity contribution is -0.145. The van der Waals surface area contributed by atoms with Gasteiger partial charge in [-0.2, -0.15) is 0 Å². The van der Waals surface area contributed by atoms with Crippen LogP contribution in [0.3, 0.4) is 0 Å². The van der Waals surface area contributed by atoms with Gasteiger partial charge in [-0.1, -0.05) is 38.3 Å². The third-order valence-electron chi connectivity index (χ3n) is 2.75. The van der Waals surface area contributed by atoms with Crippen LogP contribution in [0.5, 0.6) is 0 Å². The van der Waals surface area contributed by atoms with Gasteiger partial charge in [0.25, 0.3) is 0 Å². The van der Waals surface area contributed by atoms with Crippen molar-refractivity contribution < 1.29 is 9.53 Å². The summed E-state index contributed by atoms with van der Waals surface area (Å²) in [5.41, 5.74) is 0. The predicted molar refractivity (Wildman–Crippen MR) is 73.0 cm³/mol. The molecule has 0 saturated carbocycles. The highest BCUT2D eigenvalue weighted by molar-refractivity contribution is 5.66. The normalized spacial score (nSPS) is 12.9. The number of allylic oxidation sites excluding steroid dienone is 2. The van der Waals surface area contributed by atoms with E-state index in [2.05, 4.69) is 19.1 Å². The molecule has 100 valence electrons. The Bertz CT molecular complexity index is 209. The van der Waals surface area contributed by atoms with E-state index in [1.165, 1.54) is 45.4 Å². The van der Waals surface area contributed by atoms with Gasteiger partial charge in [0, 0.05) is 6.92 Å². The number of rotatable bonds is 10. The predicted octanol–water partition coefficient (Wildman–Crippen LogP) is 4.63. The zero-order valence-corrected chi connectivity index (χ0v) is 11.7. The molecule has 0 aliphatic heterocycles. The van der Waals surface area contributed by atoms with Crippen molar-refractivity contribution in [2.24, 2.45) is 0 Å². The first-order chi connectivity index (χ1) is 8.16. The Labute approximate surface area is 106 Å². The number of carbonyl (C=O) groups is 1. The van der Waals surface area contributed by atoms with Gasteiger partial charge in [-0.05, 0) is 39.0 Å². The molecule has 1 atom stereocenters. The minimum absolute atomic E-state index is 0.0833. The second kappa shape index (κ2) is 11.7. The average molecular weight is 240 g/mol. The molecule has 1 unspecified atom stereocenters. The van der Waals surface area contributed by atoms with Crippen LogP contribution in [0.25, 0.3) is 0 Å². The molecule has 0 aliphatic carbocycles. The van der Waals surface area contributed by atoms with Crippen LogP contribution in [0.1, 0.15) is 72.1 Å². The SMILES string of the molecule is CCC=CCCCCCCCC(C)OC(C)=O. The average Bonchev–Trinajstić information content (AvgIpc) is 2.26. The van der Waals surface area contributed by atoms with Gasteiger partial charge in [0.05, 0.1) is 6.10 Å². The van der Waals surface area contributed by atoms with Crippen LogP contribution in [-0.4, -0.2) is 12.1 Å². The van der Waals surface area contributed by atoms with Gasteiger partial charge in [-0.3, -0.25) is 4.79 Å². The zero-order valence-electron chi connectivity index (χ0n) is 11.7. The van der Waals surface area contributed by atoms with Gasteiger partial charge in [-0.25, -0.2) is 0 Å². The molecule has 0 aromatic rings. The highest BCUT2D eigenvalue weighted by Gasteiger charge is 2.04. The van der Waals surface area contributed by atoms with Crippen LogP contribution in [0.2, 0.25) is 0 Å². The molecular formula is C15H28O2.